The van der Waals surface area contributed by atoms with Crippen molar-refractivity contribution in [3.63, 3.8) is 0 Å². The maximum Gasteiger partial charge on any atom is 0.126 e. The van der Waals surface area contributed by atoms with E-state index in [1.54, 1.807) is 13.0 Å². The highest BCUT2D eigenvalue weighted by molar-refractivity contribution is 5.25. The highest BCUT2D eigenvalue weighted by atomic mass is 19.1. The van der Waals surface area contributed by atoms with Crippen molar-refractivity contribution in [1.29, 1.82) is 0 Å². The molecule has 1 fully saturated rings. The minimum Gasteiger partial charge on any atom is -0.313 e. The molecule has 0 aliphatic carbocycles. The number of piperidine rings is 1. The van der Waals surface area contributed by atoms with Gasteiger partial charge in [0.25, 0.3) is 0 Å². The lowest BCUT2D eigenvalue weighted by molar-refractivity contribution is 0.371. The SMILES string of the molecule is Cc1ccc(C(C)NCC2CCCCN2)cc1F. The molecular formula is C15H23FN2. The first-order valence-corrected chi connectivity index (χ1v) is 6.89. The van der Waals surface area contributed by atoms with E-state index < -0.39 is 0 Å². The quantitative estimate of drug-likeness (QED) is 0.858. The van der Waals surface area contributed by atoms with Gasteiger partial charge in [0.2, 0.25) is 0 Å². The summed E-state index contributed by atoms with van der Waals surface area (Å²) >= 11 is 0. The van der Waals surface area contributed by atoms with Gasteiger partial charge in [0.1, 0.15) is 5.82 Å². The topological polar surface area (TPSA) is 24.1 Å². The van der Waals surface area contributed by atoms with Crippen molar-refractivity contribution in [2.75, 3.05) is 13.1 Å². The summed E-state index contributed by atoms with van der Waals surface area (Å²) in [4.78, 5) is 0. The molecule has 2 rings (SSSR count). The standard InChI is InChI=1S/C15H23FN2/c1-11-6-7-13(9-15(11)16)12(2)18-10-14-5-3-4-8-17-14/h6-7,9,12,14,17-18H,3-5,8,10H2,1-2H3. The van der Waals surface area contributed by atoms with Gasteiger partial charge in [0.15, 0.2) is 0 Å². The van der Waals surface area contributed by atoms with E-state index >= 15 is 0 Å². The predicted molar refractivity (Wildman–Crippen MR) is 73.2 cm³/mol. The third-order valence-electron chi connectivity index (χ3n) is 3.78. The normalized spacial score (nSPS) is 21.8. The summed E-state index contributed by atoms with van der Waals surface area (Å²) in [5.74, 6) is -0.114. The van der Waals surface area contributed by atoms with Gasteiger partial charge in [-0.1, -0.05) is 18.6 Å². The molecule has 18 heavy (non-hydrogen) atoms. The van der Waals surface area contributed by atoms with Gasteiger partial charge in [-0.25, -0.2) is 4.39 Å². The molecule has 2 N–H and O–H groups in total. The Morgan fingerprint density at radius 2 is 2.28 bits per heavy atom. The van der Waals surface area contributed by atoms with Crippen molar-refractivity contribution < 1.29 is 4.39 Å². The molecule has 0 aromatic heterocycles. The van der Waals surface area contributed by atoms with E-state index in [1.807, 2.05) is 12.1 Å². The van der Waals surface area contributed by atoms with Crippen LogP contribution >= 0.6 is 0 Å². The molecule has 1 aromatic carbocycles. The van der Waals surface area contributed by atoms with Crippen LogP contribution < -0.4 is 10.6 Å². The van der Waals surface area contributed by atoms with Crippen LogP contribution in [0, 0.1) is 12.7 Å². The average Bonchev–Trinajstić information content (AvgIpc) is 2.40. The van der Waals surface area contributed by atoms with Crippen molar-refractivity contribution in [1.82, 2.24) is 10.6 Å². The second-order valence-corrected chi connectivity index (χ2v) is 5.29. The summed E-state index contributed by atoms with van der Waals surface area (Å²) in [6.45, 7) is 5.96. The van der Waals surface area contributed by atoms with E-state index in [-0.39, 0.29) is 11.9 Å². The molecule has 3 heteroatoms. The predicted octanol–water partition coefficient (Wildman–Crippen LogP) is 2.93. The van der Waals surface area contributed by atoms with Gasteiger partial charge >= 0.3 is 0 Å². The highest BCUT2D eigenvalue weighted by Gasteiger charge is 2.14. The zero-order valence-corrected chi connectivity index (χ0v) is 11.3. The fraction of sp³-hybridized carbons (Fsp3) is 0.600. The van der Waals surface area contributed by atoms with Gasteiger partial charge in [-0.15, -0.1) is 0 Å². The number of hydrogen-bond acceptors (Lipinski definition) is 2. The molecule has 0 saturated carbocycles. The van der Waals surface area contributed by atoms with Gasteiger partial charge in [0, 0.05) is 18.6 Å². The maximum atomic E-state index is 13.5. The summed E-state index contributed by atoms with van der Waals surface area (Å²) in [6.07, 6.45) is 3.84. The number of nitrogens with one attached hydrogen (secondary N) is 2. The third-order valence-corrected chi connectivity index (χ3v) is 3.78. The Labute approximate surface area is 109 Å². The lowest BCUT2D eigenvalue weighted by atomic mass is 10.0. The van der Waals surface area contributed by atoms with Gasteiger partial charge in [-0.05, 0) is 50.4 Å². The second-order valence-electron chi connectivity index (χ2n) is 5.29. The van der Waals surface area contributed by atoms with Crippen LogP contribution in [0.3, 0.4) is 0 Å². The van der Waals surface area contributed by atoms with Gasteiger partial charge < -0.3 is 10.6 Å². The van der Waals surface area contributed by atoms with E-state index in [0.717, 1.165) is 18.7 Å². The van der Waals surface area contributed by atoms with Crippen molar-refractivity contribution in [3.05, 3.63) is 35.1 Å². The molecule has 1 saturated heterocycles. The zero-order chi connectivity index (χ0) is 13.0. The van der Waals surface area contributed by atoms with E-state index in [4.69, 9.17) is 0 Å². The summed E-state index contributed by atoms with van der Waals surface area (Å²) in [7, 11) is 0. The van der Waals surface area contributed by atoms with E-state index in [2.05, 4.69) is 17.6 Å². The largest absolute Gasteiger partial charge is 0.313 e. The zero-order valence-electron chi connectivity index (χ0n) is 11.3. The van der Waals surface area contributed by atoms with Crippen LogP contribution in [-0.2, 0) is 0 Å². The van der Waals surface area contributed by atoms with Crippen molar-refractivity contribution in [2.24, 2.45) is 0 Å². The monoisotopic (exact) mass is 250 g/mol. The molecule has 1 heterocycles. The van der Waals surface area contributed by atoms with Crippen LogP contribution in [0.2, 0.25) is 0 Å². The van der Waals surface area contributed by atoms with Crippen molar-refractivity contribution in [3.8, 4) is 0 Å². The van der Waals surface area contributed by atoms with Crippen LogP contribution in [-0.4, -0.2) is 19.1 Å². The Morgan fingerprint density at radius 1 is 1.44 bits per heavy atom. The maximum absolute atomic E-state index is 13.5. The van der Waals surface area contributed by atoms with Crippen LogP contribution in [0.25, 0.3) is 0 Å². The Balaban J connectivity index is 1.86. The summed E-state index contributed by atoms with van der Waals surface area (Å²) < 4.78 is 13.5. The van der Waals surface area contributed by atoms with E-state index in [0.29, 0.717) is 11.6 Å². The lowest BCUT2D eigenvalue weighted by Crippen LogP contribution is -2.42. The minimum absolute atomic E-state index is 0.114. The Bertz CT molecular complexity index is 386. The molecule has 1 aromatic rings. The van der Waals surface area contributed by atoms with E-state index in [9.17, 15) is 4.39 Å². The van der Waals surface area contributed by atoms with Crippen LogP contribution in [0.4, 0.5) is 4.39 Å². The molecule has 1 aliphatic rings. The van der Waals surface area contributed by atoms with E-state index in [1.165, 1.54) is 19.3 Å². The molecule has 100 valence electrons. The lowest BCUT2D eigenvalue weighted by Gasteiger charge is -2.25. The second kappa shape index (κ2) is 6.30. The molecule has 2 unspecified atom stereocenters. The van der Waals surface area contributed by atoms with Gasteiger partial charge in [-0.2, -0.15) is 0 Å². The molecular weight excluding hydrogens is 227 g/mol. The Kier molecular flexibility index (Phi) is 4.72. The van der Waals surface area contributed by atoms with Crippen LogP contribution in [0.5, 0.6) is 0 Å². The summed E-state index contributed by atoms with van der Waals surface area (Å²) in [5.41, 5.74) is 1.73. The highest BCUT2D eigenvalue weighted by Crippen LogP contribution is 2.16. The minimum atomic E-state index is -0.114. The smallest absolute Gasteiger partial charge is 0.126 e. The molecule has 1 aliphatic heterocycles. The molecule has 2 nitrogen and oxygen atoms in total. The first-order chi connectivity index (χ1) is 8.66. The number of rotatable bonds is 4. The van der Waals surface area contributed by atoms with Crippen LogP contribution in [0.15, 0.2) is 18.2 Å². The number of halogens is 1. The fourth-order valence-corrected chi connectivity index (χ4v) is 2.41. The summed E-state index contributed by atoms with van der Waals surface area (Å²) in [6, 6.07) is 6.26. The van der Waals surface area contributed by atoms with Crippen LogP contribution in [0.1, 0.15) is 43.4 Å². The third kappa shape index (κ3) is 3.53. The molecule has 0 radical (unpaired) electrons. The first-order valence-electron chi connectivity index (χ1n) is 6.89. The number of hydrogen-bond donors (Lipinski definition) is 2. The fourth-order valence-electron chi connectivity index (χ4n) is 2.41. The molecule has 0 bridgehead atoms. The number of benzene rings is 1. The number of aryl methyl sites for hydroxylation is 1. The van der Waals surface area contributed by atoms with Crippen molar-refractivity contribution in [2.45, 2.75) is 45.2 Å². The first kappa shape index (κ1) is 13.5. The molecule has 0 amide bonds. The van der Waals surface area contributed by atoms with Crippen molar-refractivity contribution >= 4 is 0 Å². The van der Waals surface area contributed by atoms with Gasteiger partial charge in [0.05, 0.1) is 0 Å². The Morgan fingerprint density at radius 3 is 2.94 bits per heavy atom. The molecule has 0 spiro atoms. The average molecular weight is 250 g/mol. The van der Waals surface area contributed by atoms with Gasteiger partial charge in [-0.3, -0.25) is 0 Å². The summed E-state index contributed by atoms with van der Waals surface area (Å²) in [5, 5.41) is 7.00. The molecule has 2 atom stereocenters. The Hall–Kier alpha value is -0.930.